The van der Waals surface area contributed by atoms with Gasteiger partial charge in [0.25, 0.3) is 10.0 Å². The largest absolute Gasteiger partial charge is 0.497 e. The molecule has 31 heavy (non-hydrogen) atoms. The van der Waals surface area contributed by atoms with Crippen LogP contribution in [-0.4, -0.2) is 26.7 Å². The van der Waals surface area contributed by atoms with E-state index < -0.39 is 10.0 Å². The molecule has 0 saturated carbocycles. The first-order valence-corrected chi connectivity index (χ1v) is 11.9. The van der Waals surface area contributed by atoms with Gasteiger partial charge in [-0.1, -0.05) is 12.1 Å². The molecule has 0 fully saturated rings. The Balaban J connectivity index is 1.61. The smallest absolute Gasteiger partial charge is 0.261 e. The lowest BCUT2D eigenvalue weighted by Crippen LogP contribution is -2.22. The second kappa shape index (κ2) is 9.89. The van der Waals surface area contributed by atoms with Crippen LogP contribution < -0.4 is 14.8 Å². The predicted octanol–water partition coefficient (Wildman–Crippen LogP) is 4.92. The predicted molar refractivity (Wildman–Crippen MR) is 125 cm³/mol. The Kier molecular flexibility index (Phi) is 7.25. The molecule has 3 aromatic carbocycles. The van der Waals surface area contributed by atoms with E-state index in [0.29, 0.717) is 11.4 Å². The highest BCUT2D eigenvalue weighted by Gasteiger charge is 2.17. The van der Waals surface area contributed by atoms with Crippen LogP contribution in [0.25, 0.3) is 0 Å². The summed E-state index contributed by atoms with van der Waals surface area (Å²) in [5, 5.41) is 2.49. The van der Waals surface area contributed by atoms with Crippen molar-refractivity contribution in [2.24, 2.45) is 0 Å². The van der Waals surface area contributed by atoms with Crippen LogP contribution in [-0.2, 0) is 14.8 Å². The molecule has 0 aliphatic rings. The zero-order valence-electron chi connectivity index (χ0n) is 17.5. The number of hydrogen-bond donors (Lipinski definition) is 2. The third-order valence-corrected chi connectivity index (χ3v) is 6.95. The van der Waals surface area contributed by atoms with Gasteiger partial charge >= 0.3 is 0 Å². The van der Waals surface area contributed by atoms with Crippen LogP contribution in [0.1, 0.15) is 12.5 Å². The fraction of sp³-hybridized carbons (Fsp3) is 0.174. The number of ether oxygens (including phenoxy) is 1. The number of rotatable bonds is 8. The molecule has 6 nitrogen and oxygen atoms in total. The molecule has 1 atom stereocenters. The number of methoxy groups -OCH3 is 1. The molecule has 0 radical (unpaired) electrons. The van der Waals surface area contributed by atoms with E-state index in [4.69, 9.17) is 4.74 Å². The van der Waals surface area contributed by atoms with Gasteiger partial charge in [-0.2, -0.15) is 0 Å². The maximum atomic E-state index is 12.6. The lowest BCUT2D eigenvalue weighted by molar-refractivity contribution is -0.115. The topological polar surface area (TPSA) is 84.5 Å². The first-order chi connectivity index (χ1) is 14.8. The van der Waals surface area contributed by atoms with Gasteiger partial charge in [-0.15, -0.1) is 11.8 Å². The van der Waals surface area contributed by atoms with Crippen molar-refractivity contribution in [3.05, 3.63) is 78.4 Å². The zero-order valence-corrected chi connectivity index (χ0v) is 19.1. The fourth-order valence-corrected chi connectivity index (χ4v) is 4.71. The molecule has 0 heterocycles. The number of aryl methyl sites for hydroxylation is 1. The van der Waals surface area contributed by atoms with Gasteiger partial charge in [-0.05, 0) is 80.1 Å². The molecular weight excluding hydrogens is 432 g/mol. The van der Waals surface area contributed by atoms with Crippen LogP contribution in [0.3, 0.4) is 0 Å². The van der Waals surface area contributed by atoms with Crippen LogP contribution >= 0.6 is 11.8 Å². The van der Waals surface area contributed by atoms with Gasteiger partial charge in [-0.25, -0.2) is 8.42 Å². The van der Waals surface area contributed by atoms with Gasteiger partial charge in [0.15, 0.2) is 0 Å². The number of sulfonamides is 1. The lowest BCUT2D eigenvalue weighted by atomic mass is 10.2. The summed E-state index contributed by atoms with van der Waals surface area (Å²) >= 11 is 1.43. The van der Waals surface area contributed by atoms with E-state index in [-0.39, 0.29) is 16.1 Å². The molecule has 1 amide bonds. The maximum absolute atomic E-state index is 12.6. The summed E-state index contributed by atoms with van der Waals surface area (Å²) in [6.07, 6.45) is 0. The first-order valence-electron chi connectivity index (χ1n) is 9.58. The number of anilines is 2. The van der Waals surface area contributed by atoms with Crippen molar-refractivity contribution < 1.29 is 17.9 Å². The third kappa shape index (κ3) is 6.26. The Morgan fingerprint density at radius 1 is 0.968 bits per heavy atom. The standard InChI is InChI=1S/C23H24N2O4S2/c1-16-5-4-6-19(15-16)25-31(27,28)22-13-7-18(8-14-22)24-23(26)17(2)30-21-11-9-20(29-3)10-12-21/h4-15,17,25H,1-3H3,(H,24,26)/t17-/m1/s1. The summed E-state index contributed by atoms with van der Waals surface area (Å²) < 4.78 is 32.9. The van der Waals surface area contributed by atoms with Gasteiger partial charge in [-0.3, -0.25) is 9.52 Å². The molecule has 0 bridgehead atoms. The van der Waals surface area contributed by atoms with E-state index >= 15 is 0 Å². The maximum Gasteiger partial charge on any atom is 0.261 e. The Hall–Kier alpha value is -2.97. The molecule has 3 rings (SSSR count). The number of hydrogen-bond acceptors (Lipinski definition) is 5. The van der Waals surface area contributed by atoms with Crippen molar-refractivity contribution in [1.82, 2.24) is 0 Å². The van der Waals surface area contributed by atoms with Crippen LogP contribution in [0.2, 0.25) is 0 Å². The van der Waals surface area contributed by atoms with Crippen molar-refractivity contribution in [2.45, 2.75) is 28.9 Å². The SMILES string of the molecule is COc1ccc(S[C@H](C)C(=O)Nc2ccc(S(=O)(=O)Nc3cccc(C)c3)cc2)cc1. The zero-order chi connectivity index (χ0) is 22.4. The monoisotopic (exact) mass is 456 g/mol. The molecule has 162 valence electrons. The second-order valence-corrected chi connectivity index (χ2v) is 10.0. The van der Waals surface area contributed by atoms with Gasteiger partial charge in [0, 0.05) is 16.3 Å². The lowest BCUT2D eigenvalue weighted by Gasteiger charge is -2.13. The quantitative estimate of drug-likeness (QED) is 0.470. The molecule has 0 unspecified atom stereocenters. The highest BCUT2D eigenvalue weighted by molar-refractivity contribution is 8.00. The summed E-state index contributed by atoms with van der Waals surface area (Å²) in [5.41, 5.74) is 1.99. The minimum Gasteiger partial charge on any atom is -0.497 e. The molecular formula is C23H24N2O4S2. The minimum absolute atomic E-state index is 0.118. The number of benzene rings is 3. The number of carbonyl (C=O) groups is 1. The van der Waals surface area contributed by atoms with Gasteiger partial charge < -0.3 is 10.1 Å². The van der Waals surface area contributed by atoms with E-state index in [1.807, 2.05) is 44.2 Å². The number of carbonyl (C=O) groups excluding carboxylic acids is 1. The Labute approximate surface area is 187 Å². The molecule has 0 aliphatic heterocycles. The van der Waals surface area contributed by atoms with Crippen molar-refractivity contribution in [3.8, 4) is 5.75 Å². The first kappa shape index (κ1) is 22.7. The molecule has 3 aromatic rings. The van der Waals surface area contributed by atoms with Crippen molar-refractivity contribution in [1.29, 1.82) is 0 Å². The minimum atomic E-state index is -3.72. The summed E-state index contributed by atoms with van der Waals surface area (Å²) in [4.78, 5) is 13.6. The average molecular weight is 457 g/mol. The summed E-state index contributed by atoms with van der Waals surface area (Å²) in [7, 11) is -2.11. The molecule has 0 spiro atoms. The average Bonchev–Trinajstić information content (AvgIpc) is 2.74. The van der Waals surface area contributed by atoms with E-state index in [1.165, 1.54) is 23.9 Å². The molecule has 0 saturated heterocycles. The Morgan fingerprint density at radius 2 is 1.65 bits per heavy atom. The summed E-state index contributed by atoms with van der Waals surface area (Å²) in [6.45, 7) is 3.71. The van der Waals surface area contributed by atoms with Crippen molar-refractivity contribution in [2.75, 3.05) is 17.1 Å². The molecule has 0 aromatic heterocycles. The van der Waals surface area contributed by atoms with Gasteiger partial charge in [0.05, 0.1) is 17.3 Å². The number of nitrogens with one attached hydrogen (secondary N) is 2. The van der Waals surface area contributed by atoms with E-state index in [1.54, 1.807) is 37.4 Å². The van der Waals surface area contributed by atoms with E-state index in [0.717, 1.165) is 16.2 Å². The molecule has 8 heteroatoms. The van der Waals surface area contributed by atoms with Crippen LogP contribution in [0.15, 0.2) is 82.6 Å². The van der Waals surface area contributed by atoms with Gasteiger partial charge in [0.1, 0.15) is 5.75 Å². The van der Waals surface area contributed by atoms with Crippen LogP contribution in [0.4, 0.5) is 11.4 Å². The van der Waals surface area contributed by atoms with Crippen LogP contribution in [0, 0.1) is 6.92 Å². The van der Waals surface area contributed by atoms with E-state index in [2.05, 4.69) is 10.0 Å². The highest BCUT2D eigenvalue weighted by Crippen LogP contribution is 2.26. The van der Waals surface area contributed by atoms with Crippen LogP contribution in [0.5, 0.6) is 5.75 Å². The molecule has 0 aliphatic carbocycles. The highest BCUT2D eigenvalue weighted by atomic mass is 32.2. The molecule has 2 N–H and O–H groups in total. The number of amides is 1. The summed E-state index contributed by atoms with van der Waals surface area (Å²) in [6, 6.07) is 20.7. The normalized spacial score (nSPS) is 12.1. The third-order valence-electron chi connectivity index (χ3n) is 4.44. The van der Waals surface area contributed by atoms with Crippen molar-refractivity contribution >= 4 is 39.1 Å². The Bertz CT molecular complexity index is 1140. The fourth-order valence-electron chi connectivity index (χ4n) is 2.80. The van der Waals surface area contributed by atoms with Gasteiger partial charge in [0.2, 0.25) is 5.91 Å². The summed E-state index contributed by atoms with van der Waals surface area (Å²) in [5.74, 6) is 0.586. The van der Waals surface area contributed by atoms with Crippen molar-refractivity contribution in [3.63, 3.8) is 0 Å². The number of thioether (sulfide) groups is 1. The second-order valence-electron chi connectivity index (χ2n) is 6.92. The Morgan fingerprint density at radius 3 is 2.26 bits per heavy atom. The van der Waals surface area contributed by atoms with E-state index in [9.17, 15) is 13.2 Å².